The van der Waals surface area contributed by atoms with Gasteiger partial charge in [-0.1, -0.05) is 18.2 Å². The van der Waals surface area contributed by atoms with Gasteiger partial charge in [-0.2, -0.15) is 4.98 Å². The molecule has 2 aromatic heterocycles. The van der Waals surface area contributed by atoms with Gasteiger partial charge in [-0.25, -0.2) is 9.78 Å². The molecule has 2 saturated heterocycles. The Morgan fingerprint density at radius 2 is 1.97 bits per heavy atom. The Labute approximate surface area is 198 Å². The van der Waals surface area contributed by atoms with E-state index in [0.29, 0.717) is 38.9 Å². The SMILES string of the molecule is O=c1nc(OCC2COCCO2)cc2n1CCc1cc(-c3cccnc3N3CCCC3)ccc1-2. The van der Waals surface area contributed by atoms with Crippen molar-refractivity contribution < 1.29 is 14.2 Å². The van der Waals surface area contributed by atoms with Crippen molar-refractivity contribution in [3.05, 3.63) is 58.6 Å². The van der Waals surface area contributed by atoms with E-state index in [2.05, 4.69) is 34.1 Å². The number of aromatic nitrogens is 3. The van der Waals surface area contributed by atoms with E-state index >= 15 is 0 Å². The normalized spacial score (nSPS) is 19.5. The van der Waals surface area contributed by atoms with Crippen molar-refractivity contribution in [1.82, 2.24) is 14.5 Å². The van der Waals surface area contributed by atoms with Gasteiger partial charge in [0.05, 0.1) is 25.5 Å². The van der Waals surface area contributed by atoms with Crippen LogP contribution >= 0.6 is 0 Å². The summed E-state index contributed by atoms with van der Waals surface area (Å²) < 4.78 is 18.6. The molecule has 0 saturated carbocycles. The maximum absolute atomic E-state index is 12.7. The van der Waals surface area contributed by atoms with Crippen LogP contribution in [-0.4, -0.2) is 60.2 Å². The number of ether oxygens (including phenoxy) is 3. The van der Waals surface area contributed by atoms with E-state index in [9.17, 15) is 4.79 Å². The first-order chi connectivity index (χ1) is 16.8. The number of pyridine rings is 1. The van der Waals surface area contributed by atoms with Crippen LogP contribution < -0.4 is 15.3 Å². The lowest BCUT2D eigenvalue weighted by Gasteiger charge is -2.25. The number of hydrogen-bond acceptors (Lipinski definition) is 7. The lowest BCUT2D eigenvalue weighted by atomic mass is 9.93. The van der Waals surface area contributed by atoms with Gasteiger partial charge in [0.15, 0.2) is 0 Å². The Morgan fingerprint density at radius 3 is 2.82 bits per heavy atom. The minimum absolute atomic E-state index is 0.145. The van der Waals surface area contributed by atoms with E-state index in [-0.39, 0.29) is 11.8 Å². The number of rotatable bonds is 5. The molecule has 0 spiro atoms. The van der Waals surface area contributed by atoms with Gasteiger partial charge in [-0.15, -0.1) is 0 Å². The Kier molecular flexibility index (Phi) is 5.76. The molecule has 34 heavy (non-hydrogen) atoms. The molecule has 0 bridgehead atoms. The molecule has 1 aromatic carbocycles. The van der Waals surface area contributed by atoms with Crippen molar-refractivity contribution in [3.8, 4) is 28.3 Å². The van der Waals surface area contributed by atoms with Crippen LogP contribution in [0.3, 0.4) is 0 Å². The summed E-state index contributed by atoms with van der Waals surface area (Å²) >= 11 is 0. The lowest BCUT2D eigenvalue weighted by Crippen LogP contribution is -2.34. The van der Waals surface area contributed by atoms with Gasteiger partial charge < -0.3 is 19.1 Å². The summed E-state index contributed by atoms with van der Waals surface area (Å²) in [5.41, 5.74) is 5.13. The second-order valence-electron chi connectivity index (χ2n) is 8.98. The molecule has 0 N–H and O–H groups in total. The standard InChI is InChI=1S/C26H28N4O4/c31-26-28-24(34-17-20-16-32-12-13-33-20)15-23-21-6-5-18(14-19(21)7-11-30(23)26)22-4-3-8-27-25(22)29-9-1-2-10-29/h3-6,8,14-15,20H,1-2,7,9-13,16-17H2. The maximum atomic E-state index is 12.7. The van der Waals surface area contributed by atoms with Crippen molar-refractivity contribution in [3.63, 3.8) is 0 Å². The van der Waals surface area contributed by atoms with Crippen LogP contribution in [0.4, 0.5) is 5.82 Å². The van der Waals surface area contributed by atoms with E-state index in [4.69, 9.17) is 19.2 Å². The molecule has 0 aliphatic carbocycles. The summed E-state index contributed by atoms with van der Waals surface area (Å²) in [4.78, 5) is 23.9. The molecule has 3 aliphatic heterocycles. The van der Waals surface area contributed by atoms with Crippen molar-refractivity contribution in [2.24, 2.45) is 0 Å². The Balaban J connectivity index is 1.31. The van der Waals surface area contributed by atoms with E-state index in [1.807, 2.05) is 18.3 Å². The van der Waals surface area contributed by atoms with Crippen molar-refractivity contribution in [1.29, 1.82) is 0 Å². The third-order valence-electron chi connectivity index (χ3n) is 6.78. The summed E-state index contributed by atoms with van der Waals surface area (Å²) in [6, 6.07) is 12.5. The summed E-state index contributed by atoms with van der Waals surface area (Å²) in [7, 11) is 0. The third kappa shape index (κ3) is 4.08. The van der Waals surface area contributed by atoms with Gasteiger partial charge in [-0.05, 0) is 42.5 Å². The van der Waals surface area contributed by atoms with Crippen LogP contribution in [-0.2, 0) is 22.4 Å². The van der Waals surface area contributed by atoms with Crippen LogP contribution in [0.5, 0.6) is 5.88 Å². The molecular formula is C26H28N4O4. The van der Waals surface area contributed by atoms with Gasteiger partial charge in [0.25, 0.3) is 0 Å². The second-order valence-corrected chi connectivity index (χ2v) is 8.98. The zero-order valence-corrected chi connectivity index (χ0v) is 19.1. The van der Waals surface area contributed by atoms with E-state index in [1.54, 1.807) is 4.57 Å². The van der Waals surface area contributed by atoms with Gasteiger partial charge in [0, 0.05) is 43.0 Å². The third-order valence-corrected chi connectivity index (χ3v) is 6.78. The average Bonchev–Trinajstić information content (AvgIpc) is 3.43. The first-order valence-corrected chi connectivity index (χ1v) is 12.0. The highest BCUT2D eigenvalue weighted by Gasteiger charge is 2.23. The molecule has 8 nitrogen and oxygen atoms in total. The van der Waals surface area contributed by atoms with E-state index < -0.39 is 0 Å². The number of anilines is 1. The summed E-state index contributed by atoms with van der Waals surface area (Å²) in [6.45, 7) is 4.67. The van der Waals surface area contributed by atoms with Crippen molar-refractivity contribution >= 4 is 5.82 Å². The summed E-state index contributed by atoms with van der Waals surface area (Å²) in [5.74, 6) is 1.38. The van der Waals surface area contributed by atoms with Crippen molar-refractivity contribution in [2.75, 3.05) is 44.4 Å². The first-order valence-electron chi connectivity index (χ1n) is 12.0. The highest BCUT2D eigenvalue weighted by Crippen LogP contribution is 2.36. The number of fused-ring (bicyclic) bond motifs is 3. The molecule has 2 fully saturated rings. The summed E-state index contributed by atoms with van der Waals surface area (Å²) in [6.07, 6.45) is 4.93. The van der Waals surface area contributed by atoms with E-state index in [1.165, 1.54) is 18.4 Å². The molecule has 3 aromatic rings. The Bertz CT molecular complexity index is 1250. The largest absolute Gasteiger partial charge is 0.475 e. The first kappa shape index (κ1) is 21.3. The van der Waals surface area contributed by atoms with Crippen LogP contribution in [0.2, 0.25) is 0 Å². The van der Waals surface area contributed by atoms with Crippen LogP contribution in [0, 0.1) is 0 Å². The molecule has 3 aliphatic rings. The fourth-order valence-electron chi connectivity index (χ4n) is 5.06. The van der Waals surface area contributed by atoms with Gasteiger partial charge in [0.2, 0.25) is 5.88 Å². The maximum Gasteiger partial charge on any atom is 0.351 e. The minimum atomic E-state index is -0.286. The van der Waals surface area contributed by atoms with Gasteiger partial charge in [-0.3, -0.25) is 4.57 Å². The smallest absolute Gasteiger partial charge is 0.351 e. The number of nitrogens with zero attached hydrogens (tertiary/aromatic N) is 4. The fourth-order valence-corrected chi connectivity index (χ4v) is 5.06. The molecule has 1 atom stereocenters. The predicted molar refractivity (Wildman–Crippen MR) is 128 cm³/mol. The second kappa shape index (κ2) is 9.19. The molecule has 6 rings (SSSR count). The number of hydrogen-bond donors (Lipinski definition) is 0. The molecule has 1 unspecified atom stereocenters. The predicted octanol–water partition coefficient (Wildman–Crippen LogP) is 2.92. The zero-order valence-electron chi connectivity index (χ0n) is 19.1. The van der Waals surface area contributed by atoms with Gasteiger partial charge in [0.1, 0.15) is 18.5 Å². The number of benzene rings is 1. The van der Waals surface area contributed by atoms with Crippen LogP contribution in [0.1, 0.15) is 18.4 Å². The van der Waals surface area contributed by atoms with E-state index in [0.717, 1.165) is 47.7 Å². The Morgan fingerprint density at radius 1 is 1.06 bits per heavy atom. The highest BCUT2D eigenvalue weighted by molar-refractivity contribution is 5.79. The van der Waals surface area contributed by atoms with Crippen molar-refractivity contribution in [2.45, 2.75) is 31.9 Å². The quantitative estimate of drug-likeness (QED) is 0.579. The molecule has 0 radical (unpaired) electrons. The molecule has 5 heterocycles. The topological polar surface area (TPSA) is 78.7 Å². The molecule has 0 amide bonds. The van der Waals surface area contributed by atoms with Crippen LogP contribution in [0.15, 0.2) is 47.4 Å². The summed E-state index contributed by atoms with van der Waals surface area (Å²) in [5, 5.41) is 0. The van der Waals surface area contributed by atoms with Crippen LogP contribution in [0.25, 0.3) is 22.4 Å². The monoisotopic (exact) mass is 460 g/mol. The highest BCUT2D eigenvalue weighted by atomic mass is 16.6. The fraction of sp³-hybridized carbons (Fsp3) is 0.423. The Hall–Kier alpha value is -3.23. The lowest BCUT2D eigenvalue weighted by molar-refractivity contribution is -0.102. The van der Waals surface area contributed by atoms with Gasteiger partial charge >= 0.3 is 5.69 Å². The average molecular weight is 461 g/mol. The molecular weight excluding hydrogens is 432 g/mol. The molecule has 176 valence electrons. The minimum Gasteiger partial charge on any atom is -0.475 e. The number of aryl methyl sites for hydroxylation is 1. The zero-order chi connectivity index (χ0) is 22.9. The molecule has 8 heteroatoms.